The lowest BCUT2D eigenvalue weighted by Crippen LogP contribution is -2.23. The van der Waals surface area contributed by atoms with E-state index in [1.54, 1.807) is 29.2 Å². The zero-order chi connectivity index (χ0) is 17.8. The minimum absolute atomic E-state index is 0.0874. The van der Waals surface area contributed by atoms with Crippen LogP contribution in [-0.4, -0.2) is 35.9 Å². The summed E-state index contributed by atoms with van der Waals surface area (Å²) < 4.78 is 5.00. The first kappa shape index (κ1) is 17.1. The number of benzene rings is 1. The number of ether oxygens (including phenoxy) is 1. The number of thiazole rings is 1. The third kappa shape index (κ3) is 4.21. The van der Waals surface area contributed by atoms with E-state index in [1.165, 1.54) is 11.3 Å². The summed E-state index contributed by atoms with van der Waals surface area (Å²) in [5, 5.41) is 4.85. The molecule has 3 rings (SSSR count). The maximum atomic E-state index is 12.0. The highest BCUT2D eigenvalue weighted by atomic mass is 32.1. The fraction of sp³-hybridized carbons (Fsp3) is 0.294. The van der Waals surface area contributed by atoms with Crippen molar-refractivity contribution in [1.29, 1.82) is 0 Å². The van der Waals surface area contributed by atoms with Gasteiger partial charge in [-0.05, 0) is 37.6 Å². The Labute approximate surface area is 148 Å². The molecule has 1 fully saturated rings. The summed E-state index contributed by atoms with van der Waals surface area (Å²) in [4.78, 5) is 41.3. The molecule has 1 saturated heterocycles. The molecular weight excluding hydrogens is 342 g/mol. The van der Waals surface area contributed by atoms with Crippen LogP contribution in [0, 0.1) is 6.92 Å². The van der Waals surface area contributed by atoms with Gasteiger partial charge in [-0.3, -0.25) is 14.9 Å². The number of nitrogens with zero attached hydrogens (tertiary/aromatic N) is 2. The van der Waals surface area contributed by atoms with Crippen LogP contribution in [0.3, 0.4) is 0 Å². The third-order valence-electron chi connectivity index (χ3n) is 3.69. The number of anilines is 2. The number of amides is 2. The zero-order valence-corrected chi connectivity index (χ0v) is 14.5. The Hall–Kier alpha value is -2.74. The summed E-state index contributed by atoms with van der Waals surface area (Å²) in [6.45, 7) is 2.13. The minimum Gasteiger partial charge on any atom is -0.452 e. The first-order valence-corrected chi connectivity index (χ1v) is 8.70. The van der Waals surface area contributed by atoms with Crippen LogP contribution in [0.1, 0.15) is 28.9 Å². The van der Waals surface area contributed by atoms with Gasteiger partial charge in [-0.2, -0.15) is 0 Å². The SMILES string of the molecule is Cc1csc(NC(=O)COC(=O)c2ccc(N3CCCC3=O)cc2)n1. The molecule has 2 heterocycles. The Morgan fingerprint density at radius 3 is 2.68 bits per heavy atom. The molecule has 0 atom stereocenters. The van der Waals surface area contributed by atoms with Crippen LogP contribution in [0.25, 0.3) is 0 Å². The first-order valence-electron chi connectivity index (χ1n) is 7.82. The second-order valence-corrected chi connectivity index (χ2v) is 6.47. The Morgan fingerprint density at radius 2 is 2.08 bits per heavy atom. The van der Waals surface area contributed by atoms with Gasteiger partial charge in [0.2, 0.25) is 5.91 Å². The van der Waals surface area contributed by atoms with Crippen LogP contribution in [-0.2, 0) is 14.3 Å². The van der Waals surface area contributed by atoms with Gasteiger partial charge in [0.15, 0.2) is 11.7 Å². The Morgan fingerprint density at radius 1 is 1.32 bits per heavy atom. The normalized spacial score (nSPS) is 13.8. The predicted molar refractivity (Wildman–Crippen MR) is 93.8 cm³/mol. The lowest BCUT2D eigenvalue weighted by atomic mass is 10.2. The van der Waals surface area contributed by atoms with Crippen LogP contribution < -0.4 is 10.2 Å². The number of carbonyl (C=O) groups excluding carboxylic acids is 3. The molecule has 1 aromatic carbocycles. The van der Waals surface area contributed by atoms with Gasteiger partial charge in [-0.1, -0.05) is 0 Å². The van der Waals surface area contributed by atoms with Gasteiger partial charge in [-0.25, -0.2) is 9.78 Å². The molecule has 1 N–H and O–H groups in total. The predicted octanol–water partition coefficient (Wildman–Crippen LogP) is 2.37. The van der Waals surface area contributed by atoms with E-state index in [1.807, 2.05) is 12.3 Å². The number of carbonyl (C=O) groups is 3. The van der Waals surface area contributed by atoms with Crippen molar-refractivity contribution in [2.75, 3.05) is 23.4 Å². The lowest BCUT2D eigenvalue weighted by Gasteiger charge is -2.15. The van der Waals surface area contributed by atoms with Gasteiger partial charge in [0, 0.05) is 24.0 Å². The van der Waals surface area contributed by atoms with Crippen molar-refractivity contribution >= 4 is 39.9 Å². The molecule has 8 heteroatoms. The van der Waals surface area contributed by atoms with Crippen molar-refractivity contribution in [3.8, 4) is 0 Å². The quantitative estimate of drug-likeness (QED) is 0.828. The van der Waals surface area contributed by atoms with E-state index in [-0.39, 0.29) is 12.5 Å². The van der Waals surface area contributed by atoms with E-state index in [0.29, 0.717) is 23.7 Å². The highest BCUT2D eigenvalue weighted by molar-refractivity contribution is 7.13. The van der Waals surface area contributed by atoms with Gasteiger partial charge in [0.05, 0.1) is 11.3 Å². The zero-order valence-electron chi connectivity index (χ0n) is 13.7. The molecule has 130 valence electrons. The van der Waals surface area contributed by atoms with Crippen molar-refractivity contribution in [1.82, 2.24) is 4.98 Å². The van der Waals surface area contributed by atoms with E-state index < -0.39 is 11.9 Å². The Bertz CT molecular complexity index is 800. The van der Waals surface area contributed by atoms with Gasteiger partial charge in [0.1, 0.15) is 0 Å². The number of esters is 1. The summed E-state index contributed by atoms with van der Waals surface area (Å²) in [6.07, 6.45) is 1.40. The standard InChI is InChI=1S/C17H17N3O4S/c1-11-10-25-17(18-11)19-14(21)9-24-16(23)12-4-6-13(7-5-12)20-8-2-3-15(20)22/h4-7,10H,2-3,8-9H2,1H3,(H,18,19,21). The molecule has 0 spiro atoms. The summed E-state index contributed by atoms with van der Waals surface area (Å²) in [5.74, 6) is -0.948. The second-order valence-electron chi connectivity index (χ2n) is 5.61. The maximum absolute atomic E-state index is 12.0. The molecule has 2 aromatic rings. The third-order valence-corrected chi connectivity index (χ3v) is 4.56. The molecule has 2 amide bonds. The summed E-state index contributed by atoms with van der Waals surface area (Å²) in [7, 11) is 0. The number of nitrogens with one attached hydrogen (secondary N) is 1. The van der Waals surface area contributed by atoms with Crippen LogP contribution in [0.4, 0.5) is 10.8 Å². The van der Waals surface area contributed by atoms with Crippen LogP contribution >= 0.6 is 11.3 Å². The van der Waals surface area contributed by atoms with Crippen LogP contribution in [0.15, 0.2) is 29.6 Å². The Balaban J connectivity index is 1.52. The molecule has 0 saturated carbocycles. The number of aryl methyl sites for hydroxylation is 1. The smallest absolute Gasteiger partial charge is 0.338 e. The Kier molecular flexibility index (Phi) is 5.08. The van der Waals surface area contributed by atoms with Crippen molar-refractivity contribution in [2.24, 2.45) is 0 Å². The number of hydrogen-bond acceptors (Lipinski definition) is 6. The molecule has 25 heavy (non-hydrogen) atoms. The molecule has 1 aliphatic heterocycles. The largest absolute Gasteiger partial charge is 0.452 e. The van der Waals surface area contributed by atoms with Crippen LogP contribution in [0.2, 0.25) is 0 Å². The molecular formula is C17H17N3O4S. The van der Waals surface area contributed by atoms with Gasteiger partial charge in [0.25, 0.3) is 5.91 Å². The molecule has 0 bridgehead atoms. The number of aromatic nitrogens is 1. The maximum Gasteiger partial charge on any atom is 0.338 e. The van der Waals surface area contributed by atoms with Crippen molar-refractivity contribution in [3.05, 3.63) is 40.9 Å². The van der Waals surface area contributed by atoms with Crippen molar-refractivity contribution < 1.29 is 19.1 Å². The van der Waals surface area contributed by atoms with E-state index in [9.17, 15) is 14.4 Å². The monoisotopic (exact) mass is 359 g/mol. The minimum atomic E-state index is -0.593. The molecule has 1 aromatic heterocycles. The fourth-order valence-electron chi connectivity index (χ4n) is 2.48. The van der Waals surface area contributed by atoms with E-state index in [0.717, 1.165) is 17.8 Å². The van der Waals surface area contributed by atoms with E-state index in [2.05, 4.69) is 10.3 Å². The molecule has 7 nitrogen and oxygen atoms in total. The summed E-state index contributed by atoms with van der Waals surface area (Å²) in [6, 6.07) is 6.59. The first-order chi connectivity index (χ1) is 12.0. The molecule has 1 aliphatic rings. The van der Waals surface area contributed by atoms with Gasteiger partial charge >= 0.3 is 5.97 Å². The van der Waals surface area contributed by atoms with Gasteiger partial charge in [-0.15, -0.1) is 11.3 Å². The van der Waals surface area contributed by atoms with Crippen LogP contribution in [0.5, 0.6) is 0 Å². The summed E-state index contributed by atoms with van der Waals surface area (Å²) >= 11 is 1.31. The average molecular weight is 359 g/mol. The number of hydrogen-bond donors (Lipinski definition) is 1. The fourth-order valence-corrected chi connectivity index (χ4v) is 3.18. The summed E-state index contributed by atoms with van der Waals surface area (Å²) in [5.41, 5.74) is 1.90. The molecule has 0 aliphatic carbocycles. The number of rotatable bonds is 5. The topological polar surface area (TPSA) is 88.6 Å². The van der Waals surface area contributed by atoms with Crippen molar-refractivity contribution in [2.45, 2.75) is 19.8 Å². The molecule has 0 unspecified atom stereocenters. The van der Waals surface area contributed by atoms with E-state index >= 15 is 0 Å². The lowest BCUT2D eigenvalue weighted by molar-refractivity contribution is -0.119. The average Bonchev–Trinajstić information content (AvgIpc) is 3.21. The highest BCUT2D eigenvalue weighted by Gasteiger charge is 2.21. The highest BCUT2D eigenvalue weighted by Crippen LogP contribution is 2.21. The van der Waals surface area contributed by atoms with Crippen molar-refractivity contribution in [3.63, 3.8) is 0 Å². The molecule has 0 radical (unpaired) electrons. The van der Waals surface area contributed by atoms with Gasteiger partial charge < -0.3 is 9.64 Å². The second kappa shape index (κ2) is 7.43. The van der Waals surface area contributed by atoms with E-state index in [4.69, 9.17) is 4.74 Å².